The first-order valence-electron chi connectivity index (χ1n) is 5.44. The summed E-state index contributed by atoms with van der Waals surface area (Å²) in [5.74, 6) is 0. The SMILES string of the molecule is CC1CN(c2c(N)cncc2Br)CCCO1. The van der Waals surface area contributed by atoms with Crippen LogP contribution in [0.15, 0.2) is 16.9 Å². The quantitative estimate of drug-likeness (QED) is 0.858. The van der Waals surface area contributed by atoms with Crippen LogP contribution in [0.3, 0.4) is 0 Å². The third-order valence-corrected chi connectivity index (χ3v) is 3.25. The van der Waals surface area contributed by atoms with Gasteiger partial charge in [0, 0.05) is 25.9 Å². The molecule has 2 heterocycles. The number of aromatic nitrogens is 1. The number of ether oxygens (including phenoxy) is 1. The predicted octanol–water partition coefficient (Wildman–Crippen LogP) is 2.04. The first-order valence-corrected chi connectivity index (χ1v) is 6.23. The molecular weight excluding hydrogens is 270 g/mol. The Morgan fingerprint density at radius 3 is 3.12 bits per heavy atom. The number of pyridine rings is 1. The second-order valence-corrected chi connectivity index (χ2v) is 4.89. The van der Waals surface area contributed by atoms with Crippen molar-refractivity contribution in [3.63, 3.8) is 0 Å². The van der Waals surface area contributed by atoms with Gasteiger partial charge in [-0.25, -0.2) is 0 Å². The Morgan fingerprint density at radius 1 is 1.56 bits per heavy atom. The van der Waals surface area contributed by atoms with Crippen molar-refractivity contribution in [2.24, 2.45) is 0 Å². The van der Waals surface area contributed by atoms with Gasteiger partial charge in [-0.05, 0) is 29.3 Å². The Balaban J connectivity index is 2.28. The fourth-order valence-electron chi connectivity index (χ4n) is 1.97. The van der Waals surface area contributed by atoms with Crippen molar-refractivity contribution in [1.29, 1.82) is 0 Å². The smallest absolute Gasteiger partial charge is 0.0776 e. The lowest BCUT2D eigenvalue weighted by atomic mass is 10.2. The van der Waals surface area contributed by atoms with Crippen LogP contribution in [0.5, 0.6) is 0 Å². The Labute approximate surface area is 104 Å². The van der Waals surface area contributed by atoms with E-state index in [1.54, 1.807) is 12.4 Å². The molecule has 0 spiro atoms. The molecule has 4 nitrogen and oxygen atoms in total. The first kappa shape index (κ1) is 11.7. The van der Waals surface area contributed by atoms with Crippen LogP contribution < -0.4 is 10.6 Å². The average molecular weight is 286 g/mol. The summed E-state index contributed by atoms with van der Waals surface area (Å²) in [5.41, 5.74) is 7.72. The summed E-state index contributed by atoms with van der Waals surface area (Å²) in [7, 11) is 0. The van der Waals surface area contributed by atoms with Crippen LogP contribution in [-0.4, -0.2) is 30.8 Å². The summed E-state index contributed by atoms with van der Waals surface area (Å²) in [6, 6.07) is 0. The molecule has 0 amide bonds. The normalized spacial score (nSPS) is 21.9. The van der Waals surface area contributed by atoms with Crippen LogP contribution in [0.25, 0.3) is 0 Å². The summed E-state index contributed by atoms with van der Waals surface area (Å²) in [5, 5.41) is 0. The molecule has 0 saturated carbocycles. The molecular formula is C11H16BrN3O. The van der Waals surface area contributed by atoms with Gasteiger partial charge >= 0.3 is 0 Å². The molecule has 1 aromatic rings. The van der Waals surface area contributed by atoms with Gasteiger partial charge in [-0.3, -0.25) is 4.98 Å². The summed E-state index contributed by atoms with van der Waals surface area (Å²) < 4.78 is 6.57. The fourth-order valence-corrected chi connectivity index (χ4v) is 2.57. The minimum atomic E-state index is 0.238. The lowest BCUT2D eigenvalue weighted by molar-refractivity contribution is 0.0821. The van der Waals surface area contributed by atoms with Crippen molar-refractivity contribution in [1.82, 2.24) is 4.98 Å². The number of anilines is 2. The number of nitrogen functional groups attached to an aromatic ring is 1. The molecule has 1 aromatic heterocycles. The van der Waals surface area contributed by atoms with E-state index in [1.807, 2.05) is 0 Å². The second-order valence-electron chi connectivity index (χ2n) is 4.04. The maximum atomic E-state index is 5.97. The lowest BCUT2D eigenvalue weighted by Gasteiger charge is -2.26. The van der Waals surface area contributed by atoms with Crippen molar-refractivity contribution in [2.45, 2.75) is 19.4 Å². The van der Waals surface area contributed by atoms with E-state index in [9.17, 15) is 0 Å². The molecule has 1 unspecified atom stereocenters. The van der Waals surface area contributed by atoms with E-state index in [0.29, 0.717) is 5.69 Å². The van der Waals surface area contributed by atoms with E-state index in [2.05, 4.69) is 32.7 Å². The molecule has 0 aliphatic carbocycles. The highest BCUT2D eigenvalue weighted by Gasteiger charge is 2.19. The zero-order valence-corrected chi connectivity index (χ0v) is 10.9. The zero-order chi connectivity index (χ0) is 11.5. The molecule has 0 bridgehead atoms. The van der Waals surface area contributed by atoms with E-state index in [-0.39, 0.29) is 6.10 Å². The fraction of sp³-hybridized carbons (Fsp3) is 0.545. The standard InChI is InChI=1S/C11H16BrN3O/c1-8-7-15(3-2-4-16-8)11-9(12)5-14-6-10(11)13/h5-6,8H,2-4,7,13H2,1H3. The van der Waals surface area contributed by atoms with Crippen molar-refractivity contribution < 1.29 is 4.74 Å². The molecule has 1 saturated heterocycles. The summed E-state index contributed by atoms with van der Waals surface area (Å²) in [6.07, 6.45) is 4.74. The molecule has 88 valence electrons. The van der Waals surface area contributed by atoms with Gasteiger partial charge in [-0.15, -0.1) is 0 Å². The van der Waals surface area contributed by atoms with E-state index >= 15 is 0 Å². The van der Waals surface area contributed by atoms with E-state index in [1.165, 1.54) is 0 Å². The number of rotatable bonds is 1. The largest absolute Gasteiger partial charge is 0.396 e. The molecule has 2 N–H and O–H groups in total. The van der Waals surface area contributed by atoms with Gasteiger partial charge in [-0.2, -0.15) is 0 Å². The van der Waals surface area contributed by atoms with E-state index in [4.69, 9.17) is 10.5 Å². The van der Waals surface area contributed by atoms with Gasteiger partial charge in [0.05, 0.1) is 28.1 Å². The summed E-state index contributed by atoms with van der Waals surface area (Å²) >= 11 is 3.50. The van der Waals surface area contributed by atoms with Crippen LogP contribution in [-0.2, 0) is 4.74 Å². The van der Waals surface area contributed by atoms with E-state index < -0.39 is 0 Å². The first-order chi connectivity index (χ1) is 7.68. The minimum Gasteiger partial charge on any atom is -0.396 e. The zero-order valence-electron chi connectivity index (χ0n) is 9.32. The molecule has 1 aliphatic rings. The minimum absolute atomic E-state index is 0.238. The third-order valence-electron chi connectivity index (χ3n) is 2.67. The molecule has 1 atom stereocenters. The maximum Gasteiger partial charge on any atom is 0.0776 e. The van der Waals surface area contributed by atoms with Gasteiger partial charge in [0.15, 0.2) is 0 Å². The van der Waals surface area contributed by atoms with Crippen molar-refractivity contribution in [3.8, 4) is 0 Å². The van der Waals surface area contributed by atoms with Gasteiger partial charge in [-0.1, -0.05) is 0 Å². The Kier molecular flexibility index (Phi) is 3.66. The molecule has 1 fully saturated rings. The second kappa shape index (κ2) is 5.01. The van der Waals surface area contributed by atoms with Crippen LogP contribution in [0, 0.1) is 0 Å². The van der Waals surface area contributed by atoms with Gasteiger partial charge in [0.1, 0.15) is 0 Å². The highest BCUT2D eigenvalue weighted by Crippen LogP contribution is 2.32. The number of nitrogens with two attached hydrogens (primary N) is 1. The topological polar surface area (TPSA) is 51.4 Å². The number of halogens is 1. The summed E-state index contributed by atoms with van der Waals surface area (Å²) in [4.78, 5) is 6.31. The van der Waals surface area contributed by atoms with Crippen LogP contribution in [0.2, 0.25) is 0 Å². The van der Waals surface area contributed by atoms with Gasteiger partial charge < -0.3 is 15.4 Å². The highest BCUT2D eigenvalue weighted by molar-refractivity contribution is 9.10. The maximum absolute atomic E-state index is 5.97. The predicted molar refractivity (Wildman–Crippen MR) is 68.6 cm³/mol. The monoisotopic (exact) mass is 285 g/mol. The number of hydrogen-bond acceptors (Lipinski definition) is 4. The number of nitrogens with zero attached hydrogens (tertiary/aromatic N) is 2. The molecule has 1 aliphatic heterocycles. The van der Waals surface area contributed by atoms with Gasteiger partial charge in [0.25, 0.3) is 0 Å². The Hall–Kier alpha value is -0.810. The molecule has 5 heteroatoms. The third kappa shape index (κ3) is 2.47. The van der Waals surface area contributed by atoms with Gasteiger partial charge in [0.2, 0.25) is 0 Å². The molecule has 16 heavy (non-hydrogen) atoms. The number of hydrogen-bond donors (Lipinski definition) is 1. The van der Waals surface area contributed by atoms with E-state index in [0.717, 1.165) is 36.3 Å². The summed E-state index contributed by atoms with van der Waals surface area (Å²) in [6.45, 7) is 4.74. The Bertz CT molecular complexity index is 352. The molecule has 0 radical (unpaired) electrons. The average Bonchev–Trinajstić information content (AvgIpc) is 2.43. The van der Waals surface area contributed by atoms with Crippen LogP contribution >= 0.6 is 15.9 Å². The van der Waals surface area contributed by atoms with Crippen LogP contribution in [0.4, 0.5) is 11.4 Å². The van der Waals surface area contributed by atoms with Crippen molar-refractivity contribution in [3.05, 3.63) is 16.9 Å². The molecule has 2 rings (SSSR count). The highest BCUT2D eigenvalue weighted by atomic mass is 79.9. The van der Waals surface area contributed by atoms with Crippen LogP contribution in [0.1, 0.15) is 13.3 Å². The Morgan fingerprint density at radius 2 is 2.38 bits per heavy atom. The van der Waals surface area contributed by atoms with Crippen molar-refractivity contribution in [2.75, 3.05) is 30.3 Å². The van der Waals surface area contributed by atoms with Crippen molar-refractivity contribution >= 4 is 27.3 Å². The molecule has 0 aromatic carbocycles. The lowest BCUT2D eigenvalue weighted by Crippen LogP contribution is -2.31.